The van der Waals surface area contributed by atoms with Gasteiger partial charge in [-0.3, -0.25) is 4.79 Å². The SMILES string of the molecule is C=CCN(CC(=O)O)C(=O)Nc1cccc(Cl)c1Br. The lowest BCUT2D eigenvalue weighted by Crippen LogP contribution is -2.38. The number of benzene rings is 1. The topological polar surface area (TPSA) is 69.6 Å². The molecule has 0 bridgehead atoms. The van der Waals surface area contributed by atoms with Gasteiger partial charge in [0.05, 0.1) is 15.2 Å². The van der Waals surface area contributed by atoms with Crippen molar-refractivity contribution in [2.45, 2.75) is 0 Å². The van der Waals surface area contributed by atoms with Gasteiger partial charge in [0.25, 0.3) is 0 Å². The smallest absolute Gasteiger partial charge is 0.323 e. The third-order valence-corrected chi connectivity index (χ3v) is 3.55. The van der Waals surface area contributed by atoms with E-state index >= 15 is 0 Å². The summed E-state index contributed by atoms with van der Waals surface area (Å²) < 4.78 is 0.541. The van der Waals surface area contributed by atoms with Crippen LogP contribution in [0, 0.1) is 0 Å². The summed E-state index contributed by atoms with van der Waals surface area (Å²) in [5.74, 6) is -1.10. The quantitative estimate of drug-likeness (QED) is 0.804. The van der Waals surface area contributed by atoms with Crippen molar-refractivity contribution in [3.63, 3.8) is 0 Å². The first-order valence-corrected chi connectivity index (χ1v) is 6.45. The van der Waals surface area contributed by atoms with Gasteiger partial charge in [-0.15, -0.1) is 6.58 Å². The van der Waals surface area contributed by atoms with Crippen LogP contribution in [0.2, 0.25) is 5.02 Å². The van der Waals surface area contributed by atoms with Gasteiger partial charge in [-0.2, -0.15) is 0 Å². The van der Waals surface area contributed by atoms with E-state index < -0.39 is 18.5 Å². The van der Waals surface area contributed by atoms with E-state index in [1.165, 1.54) is 6.08 Å². The standard InChI is InChI=1S/C12H12BrClN2O3/c1-2-6-16(7-10(17)18)12(19)15-9-5-3-4-8(14)11(9)13/h2-5H,1,6-7H2,(H,15,19)(H,17,18). The molecule has 1 aromatic rings. The minimum Gasteiger partial charge on any atom is -0.480 e. The molecule has 1 rings (SSSR count). The molecule has 0 saturated carbocycles. The van der Waals surface area contributed by atoms with Crippen molar-refractivity contribution in [1.29, 1.82) is 0 Å². The number of amides is 2. The number of hydrogen-bond acceptors (Lipinski definition) is 2. The van der Waals surface area contributed by atoms with Gasteiger partial charge in [-0.05, 0) is 28.1 Å². The van der Waals surface area contributed by atoms with Crippen LogP contribution >= 0.6 is 27.5 Å². The predicted octanol–water partition coefficient (Wildman–Crippen LogP) is 3.21. The van der Waals surface area contributed by atoms with E-state index in [-0.39, 0.29) is 6.54 Å². The third-order valence-electron chi connectivity index (χ3n) is 2.16. The Labute approximate surface area is 124 Å². The average Bonchev–Trinajstić information content (AvgIpc) is 2.34. The van der Waals surface area contributed by atoms with Gasteiger partial charge >= 0.3 is 12.0 Å². The Morgan fingerprint density at radius 2 is 2.21 bits per heavy atom. The molecule has 0 spiro atoms. The molecule has 102 valence electrons. The molecule has 0 fully saturated rings. The van der Waals surface area contributed by atoms with Gasteiger partial charge in [0.2, 0.25) is 0 Å². The molecular formula is C12H12BrClN2O3. The highest BCUT2D eigenvalue weighted by atomic mass is 79.9. The highest BCUT2D eigenvalue weighted by molar-refractivity contribution is 9.10. The van der Waals surface area contributed by atoms with E-state index in [2.05, 4.69) is 27.8 Å². The summed E-state index contributed by atoms with van der Waals surface area (Å²) in [6, 6.07) is 4.46. The van der Waals surface area contributed by atoms with Gasteiger partial charge in [0, 0.05) is 6.54 Å². The van der Waals surface area contributed by atoms with Crippen LogP contribution in [0.15, 0.2) is 35.3 Å². The second kappa shape index (κ2) is 7.16. The van der Waals surface area contributed by atoms with Crippen LogP contribution in [0.1, 0.15) is 0 Å². The van der Waals surface area contributed by atoms with Crippen LogP contribution in [-0.4, -0.2) is 35.1 Å². The molecule has 19 heavy (non-hydrogen) atoms. The van der Waals surface area contributed by atoms with Crippen molar-refractivity contribution >= 4 is 45.2 Å². The summed E-state index contributed by atoms with van der Waals surface area (Å²) >= 11 is 9.15. The Balaban J connectivity index is 2.83. The Bertz CT molecular complexity index is 508. The van der Waals surface area contributed by atoms with E-state index in [1.807, 2.05) is 0 Å². The molecule has 2 N–H and O–H groups in total. The highest BCUT2D eigenvalue weighted by Crippen LogP contribution is 2.30. The number of urea groups is 1. The highest BCUT2D eigenvalue weighted by Gasteiger charge is 2.16. The Hall–Kier alpha value is -1.53. The zero-order chi connectivity index (χ0) is 14.4. The number of nitrogens with one attached hydrogen (secondary N) is 1. The van der Waals surface area contributed by atoms with Gasteiger partial charge in [0.1, 0.15) is 6.54 Å². The number of anilines is 1. The average molecular weight is 348 g/mol. The zero-order valence-corrected chi connectivity index (χ0v) is 12.2. The lowest BCUT2D eigenvalue weighted by molar-refractivity contribution is -0.137. The summed E-state index contributed by atoms with van der Waals surface area (Å²) in [6.45, 7) is 3.21. The van der Waals surface area contributed by atoms with Crippen LogP contribution in [0.3, 0.4) is 0 Å². The van der Waals surface area contributed by atoms with Gasteiger partial charge in [0.15, 0.2) is 0 Å². The second-order valence-corrected chi connectivity index (χ2v) is 4.79. The molecule has 0 aromatic heterocycles. The van der Waals surface area contributed by atoms with Crippen molar-refractivity contribution in [2.75, 3.05) is 18.4 Å². The zero-order valence-electron chi connectivity index (χ0n) is 9.90. The van der Waals surface area contributed by atoms with Crippen LogP contribution < -0.4 is 5.32 Å². The fourth-order valence-corrected chi connectivity index (χ4v) is 1.87. The molecular weight excluding hydrogens is 336 g/mol. The first-order chi connectivity index (χ1) is 8.95. The largest absolute Gasteiger partial charge is 0.480 e. The molecule has 5 nitrogen and oxygen atoms in total. The molecule has 2 amide bonds. The summed E-state index contributed by atoms with van der Waals surface area (Å²) in [5.41, 5.74) is 0.469. The van der Waals surface area contributed by atoms with E-state index in [1.54, 1.807) is 18.2 Å². The molecule has 0 unspecified atom stereocenters. The third kappa shape index (κ3) is 4.57. The number of nitrogens with zero attached hydrogens (tertiary/aromatic N) is 1. The lowest BCUT2D eigenvalue weighted by Gasteiger charge is -2.20. The molecule has 0 aliphatic carbocycles. The van der Waals surface area contributed by atoms with E-state index in [0.717, 1.165) is 4.90 Å². The number of aliphatic carboxylic acids is 1. The minimum absolute atomic E-state index is 0.135. The Morgan fingerprint density at radius 1 is 1.53 bits per heavy atom. The summed E-state index contributed by atoms with van der Waals surface area (Å²) in [4.78, 5) is 23.7. The van der Waals surface area contributed by atoms with Gasteiger partial charge in [-0.25, -0.2) is 4.79 Å². The Morgan fingerprint density at radius 3 is 2.79 bits per heavy atom. The number of carboxylic acid groups (broad SMARTS) is 1. The van der Waals surface area contributed by atoms with Crippen LogP contribution in [0.5, 0.6) is 0 Å². The van der Waals surface area contributed by atoms with Crippen LogP contribution in [-0.2, 0) is 4.79 Å². The van der Waals surface area contributed by atoms with E-state index in [9.17, 15) is 9.59 Å². The molecule has 1 aromatic carbocycles. The summed E-state index contributed by atoms with van der Waals surface area (Å²) in [5, 5.41) is 11.8. The number of carbonyl (C=O) groups is 2. The second-order valence-electron chi connectivity index (χ2n) is 3.59. The summed E-state index contributed by atoms with van der Waals surface area (Å²) in [7, 11) is 0. The van der Waals surface area contributed by atoms with E-state index in [4.69, 9.17) is 16.7 Å². The van der Waals surface area contributed by atoms with Crippen molar-refractivity contribution in [3.8, 4) is 0 Å². The maximum atomic E-state index is 11.9. The van der Waals surface area contributed by atoms with Crippen molar-refractivity contribution < 1.29 is 14.7 Å². The van der Waals surface area contributed by atoms with Crippen LogP contribution in [0.4, 0.5) is 10.5 Å². The van der Waals surface area contributed by atoms with Crippen molar-refractivity contribution in [2.24, 2.45) is 0 Å². The van der Waals surface area contributed by atoms with E-state index in [0.29, 0.717) is 15.2 Å². The van der Waals surface area contributed by atoms with Crippen molar-refractivity contribution in [1.82, 2.24) is 4.90 Å². The number of halogens is 2. The molecule has 0 radical (unpaired) electrons. The number of carboxylic acids is 1. The maximum Gasteiger partial charge on any atom is 0.323 e. The lowest BCUT2D eigenvalue weighted by atomic mass is 10.3. The molecule has 0 heterocycles. The molecule has 0 aliphatic rings. The molecule has 0 saturated heterocycles. The number of rotatable bonds is 5. The van der Waals surface area contributed by atoms with Gasteiger partial charge < -0.3 is 15.3 Å². The van der Waals surface area contributed by atoms with Gasteiger partial charge in [-0.1, -0.05) is 23.7 Å². The Kier molecular flexibility index (Phi) is 5.85. The van der Waals surface area contributed by atoms with Crippen LogP contribution in [0.25, 0.3) is 0 Å². The molecule has 0 aliphatic heterocycles. The van der Waals surface area contributed by atoms with Crippen molar-refractivity contribution in [3.05, 3.63) is 40.3 Å². The molecule has 7 heteroatoms. The number of hydrogen-bond donors (Lipinski definition) is 2. The fourth-order valence-electron chi connectivity index (χ4n) is 1.33. The minimum atomic E-state index is -1.10. The molecule has 0 atom stereocenters. The predicted molar refractivity (Wildman–Crippen MR) is 77.6 cm³/mol. The normalized spacial score (nSPS) is 9.79. The first-order valence-electron chi connectivity index (χ1n) is 5.28. The first kappa shape index (κ1) is 15.5. The summed E-state index contributed by atoms with van der Waals surface area (Å²) in [6.07, 6.45) is 1.45. The maximum absolute atomic E-state index is 11.9. The fraction of sp³-hybridized carbons (Fsp3) is 0.167. The number of carbonyl (C=O) groups excluding carboxylic acids is 1. The monoisotopic (exact) mass is 346 g/mol.